The van der Waals surface area contributed by atoms with Crippen molar-refractivity contribution in [3.8, 4) is 0 Å². The summed E-state index contributed by atoms with van der Waals surface area (Å²) in [5.41, 5.74) is 3.18. The number of carbonyl (C=O) groups is 1. The molecule has 1 fully saturated rings. The van der Waals surface area contributed by atoms with Crippen molar-refractivity contribution in [1.82, 2.24) is 4.90 Å². The molecule has 2 aromatic carbocycles. The third-order valence-corrected chi connectivity index (χ3v) is 5.54. The van der Waals surface area contributed by atoms with Crippen LogP contribution in [0.3, 0.4) is 0 Å². The summed E-state index contributed by atoms with van der Waals surface area (Å²) in [4.78, 5) is 14.8. The SMILES string of the molecule is O=C(c1c(F)cc(F)cc1F)C1CCN(Cc2cccc3c2NCC3)CC1. The first kappa shape index (κ1) is 18.0. The number of Topliss-reactive ketones (excluding diaryl/α,β-unsaturated/α-hetero) is 1. The zero-order valence-corrected chi connectivity index (χ0v) is 14.9. The molecule has 6 heteroatoms. The van der Waals surface area contributed by atoms with Crippen molar-refractivity contribution in [1.29, 1.82) is 0 Å². The minimum atomic E-state index is -1.12. The molecule has 0 unspecified atom stereocenters. The van der Waals surface area contributed by atoms with Gasteiger partial charge in [-0.05, 0) is 43.5 Å². The maximum atomic E-state index is 13.9. The van der Waals surface area contributed by atoms with Crippen LogP contribution in [0.1, 0.15) is 34.3 Å². The number of benzene rings is 2. The predicted octanol–water partition coefficient (Wildman–Crippen LogP) is 4.17. The predicted molar refractivity (Wildman–Crippen MR) is 97.3 cm³/mol. The van der Waals surface area contributed by atoms with Gasteiger partial charge in [0.15, 0.2) is 5.78 Å². The maximum Gasteiger partial charge on any atom is 0.171 e. The van der Waals surface area contributed by atoms with Crippen LogP contribution in [0.5, 0.6) is 0 Å². The Morgan fingerprint density at radius 2 is 1.81 bits per heavy atom. The van der Waals surface area contributed by atoms with Crippen LogP contribution in [-0.2, 0) is 13.0 Å². The highest BCUT2D eigenvalue weighted by Crippen LogP contribution is 2.30. The molecule has 2 aliphatic rings. The Morgan fingerprint density at radius 1 is 1.11 bits per heavy atom. The molecule has 0 bridgehead atoms. The number of likely N-dealkylation sites (tertiary alicyclic amines) is 1. The second-order valence-electron chi connectivity index (χ2n) is 7.29. The average Bonchev–Trinajstić information content (AvgIpc) is 3.11. The number of para-hydroxylation sites is 1. The van der Waals surface area contributed by atoms with Crippen LogP contribution >= 0.6 is 0 Å². The van der Waals surface area contributed by atoms with Gasteiger partial charge in [-0.3, -0.25) is 9.69 Å². The normalized spacial score (nSPS) is 17.6. The first-order valence-electron chi connectivity index (χ1n) is 9.28. The fourth-order valence-electron chi connectivity index (χ4n) is 4.12. The van der Waals surface area contributed by atoms with Crippen molar-refractivity contribution < 1.29 is 18.0 Å². The van der Waals surface area contributed by atoms with Crippen molar-refractivity contribution in [3.63, 3.8) is 0 Å². The molecule has 4 rings (SSSR count). The van der Waals surface area contributed by atoms with E-state index in [0.29, 0.717) is 38.1 Å². The van der Waals surface area contributed by atoms with E-state index >= 15 is 0 Å². The average molecular weight is 374 g/mol. The zero-order valence-electron chi connectivity index (χ0n) is 14.9. The van der Waals surface area contributed by atoms with Gasteiger partial charge in [-0.25, -0.2) is 13.2 Å². The van der Waals surface area contributed by atoms with E-state index in [1.165, 1.54) is 16.8 Å². The molecule has 2 aliphatic heterocycles. The lowest BCUT2D eigenvalue weighted by Gasteiger charge is -2.31. The molecular weight excluding hydrogens is 353 g/mol. The number of anilines is 1. The fourth-order valence-corrected chi connectivity index (χ4v) is 4.12. The van der Waals surface area contributed by atoms with Gasteiger partial charge >= 0.3 is 0 Å². The van der Waals surface area contributed by atoms with E-state index in [2.05, 4.69) is 28.4 Å². The highest BCUT2D eigenvalue weighted by atomic mass is 19.1. The van der Waals surface area contributed by atoms with Gasteiger partial charge in [0.2, 0.25) is 0 Å². The van der Waals surface area contributed by atoms with Gasteiger partial charge in [-0.2, -0.15) is 0 Å². The third kappa shape index (κ3) is 3.58. The molecular formula is C21H21F3N2O. The molecule has 0 amide bonds. The van der Waals surface area contributed by atoms with E-state index in [1.807, 2.05) is 0 Å². The van der Waals surface area contributed by atoms with E-state index in [0.717, 1.165) is 19.5 Å². The summed E-state index contributed by atoms with van der Waals surface area (Å²) in [5.74, 6) is -4.25. The topological polar surface area (TPSA) is 32.3 Å². The first-order chi connectivity index (χ1) is 13.0. The molecule has 0 aromatic heterocycles. The van der Waals surface area contributed by atoms with Crippen molar-refractivity contribution in [2.45, 2.75) is 25.8 Å². The smallest absolute Gasteiger partial charge is 0.171 e. The van der Waals surface area contributed by atoms with Crippen molar-refractivity contribution in [3.05, 3.63) is 64.5 Å². The number of nitrogens with one attached hydrogen (secondary N) is 1. The minimum Gasteiger partial charge on any atom is -0.384 e. The molecule has 2 aromatic rings. The van der Waals surface area contributed by atoms with Gasteiger partial charge < -0.3 is 5.32 Å². The number of carbonyl (C=O) groups excluding carboxylic acids is 1. The number of ketones is 1. The van der Waals surface area contributed by atoms with Crippen LogP contribution in [0.2, 0.25) is 0 Å². The number of rotatable bonds is 4. The van der Waals surface area contributed by atoms with Crippen LogP contribution in [0.25, 0.3) is 0 Å². The molecule has 1 N–H and O–H groups in total. The van der Waals surface area contributed by atoms with Gasteiger partial charge in [-0.1, -0.05) is 18.2 Å². The third-order valence-electron chi connectivity index (χ3n) is 5.54. The first-order valence-corrected chi connectivity index (χ1v) is 9.28. The maximum absolute atomic E-state index is 13.9. The van der Waals surface area contributed by atoms with Gasteiger partial charge in [0.25, 0.3) is 0 Å². The summed E-state index contributed by atoms with van der Waals surface area (Å²) in [6.07, 6.45) is 2.11. The molecule has 2 heterocycles. The van der Waals surface area contributed by atoms with Gasteiger partial charge in [0.05, 0.1) is 5.56 Å². The van der Waals surface area contributed by atoms with E-state index in [1.54, 1.807) is 0 Å². The molecule has 142 valence electrons. The summed E-state index contributed by atoms with van der Waals surface area (Å²) >= 11 is 0. The van der Waals surface area contributed by atoms with Crippen LogP contribution in [-0.4, -0.2) is 30.3 Å². The second kappa shape index (κ2) is 7.35. The Kier molecular flexibility index (Phi) is 4.91. The molecule has 0 saturated carbocycles. The summed E-state index contributed by atoms with van der Waals surface area (Å²) in [6, 6.07) is 7.44. The van der Waals surface area contributed by atoms with Crippen LogP contribution < -0.4 is 5.32 Å². The van der Waals surface area contributed by atoms with Crippen LogP contribution in [0.15, 0.2) is 30.3 Å². The van der Waals surface area contributed by atoms with E-state index in [9.17, 15) is 18.0 Å². The van der Waals surface area contributed by atoms with Gasteiger partial charge in [-0.15, -0.1) is 0 Å². The van der Waals surface area contributed by atoms with Gasteiger partial charge in [0, 0.05) is 36.8 Å². The number of fused-ring (bicyclic) bond motifs is 1. The molecule has 0 atom stereocenters. The monoisotopic (exact) mass is 374 g/mol. The Balaban J connectivity index is 1.41. The molecule has 1 saturated heterocycles. The van der Waals surface area contributed by atoms with E-state index < -0.39 is 34.7 Å². The summed E-state index contributed by atoms with van der Waals surface area (Å²) in [7, 11) is 0. The lowest BCUT2D eigenvalue weighted by molar-refractivity contribution is 0.0826. The zero-order chi connectivity index (χ0) is 19.0. The largest absolute Gasteiger partial charge is 0.384 e. The molecule has 27 heavy (non-hydrogen) atoms. The lowest BCUT2D eigenvalue weighted by atomic mass is 9.88. The number of halogens is 3. The summed E-state index contributed by atoms with van der Waals surface area (Å²) in [5, 5.41) is 3.43. The second-order valence-corrected chi connectivity index (χ2v) is 7.29. The van der Waals surface area contributed by atoms with Crippen molar-refractivity contribution >= 4 is 11.5 Å². The molecule has 0 radical (unpaired) electrons. The summed E-state index contributed by atoms with van der Waals surface area (Å²) in [6.45, 7) is 3.11. The number of hydrogen-bond donors (Lipinski definition) is 1. The van der Waals surface area contributed by atoms with Crippen LogP contribution in [0, 0.1) is 23.4 Å². The standard InChI is InChI=1S/C21H21F3N2O/c22-16-10-17(23)19(18(24)11-16)21(27)14-5-8-26(9-6-14)12-15-3-1-2-13-4-7-25-20(13)15/h1-3,10-11,14,25H,4-9,12H2. The minimum absolute atomic E-state index is 0.435. The van der Waals surface area contributed by atoms with Crippen molar-refractivity contribution in [2.75, 3.05) is 25.0 Å². The fraction of sp³-hybridized carbons (Fsp3) is 0.381. The number of hydrogen-bond acceptors (Lipinski definition) is 3. The number of nitrogens with zero attached hydrogens (tertiary/aromatic N) is 1. The van der Waals surface area contributed by atoms with E-state index in [4.69, 9.17) is 0 Å². The van der Waals surface area contributed by atoms with Crippen molar-refractivity contribution in [2.24, 2.45) is 5.92 Å². The molecule has 3 nitrogen and oxygen atoms in total. The molecule has 0 spiro atoms. The Hall–Kier alpha value is -2.34. The van der Waals surface area contributed by atoms with E-state index in [-0.39, 0.29) is 0 Å². The quantitative estimate of drug-likeness (QED) is 0.816. The molecule has 0 aliphatic carbocycles. The Morgan fingerprint density at radius 3 is 2.52 bits per heavy atom. The number of piperidine rings is 1. The summed E-state index contributed by atoms with van der Waals surface area (Å²) < 4.78 is 40.8. The van der Waals surface area contributed by atoms with Crippen LogP contribution in [0.4, 0.5) is 18.9 Å². The Bertz CT molecular complexity index is 853. The van der Waals surface area contributed by atoms with Gasteiger partial charge in [0.1, 0.15) is 17.5 Å². The lowest BCUT2D eigenvalue weighted by Crippen LogP contribution is -2.36. The highest BCUT2D eigenvalue weighted by molar-refractivity contribution is 5.98. The highest BCUT2D eigenvalue weighted by Gasteiger charge is 2.30. The Labute approximate surface area is 156 Å².